The first-order chi connectivity index (χ1) is 13.8. The van der Waals surface area contributed by atoms with Gasteiger partial charge in [-0.25, -0.2) is 0 Å². The van der Waals surface area contributed by atoms with Crippen LogP contribution in [-0.4, -0.2) is 63.7 Å². The van der Waals surface area contributed by atoms with Crippen molar-refractivity contribution < 1.29 is 19.3 Å². The van der Waals surface area contributed by atoms with Gasteiger partial charge in [0, 0.05) is 13.1 Å². The highest BCUT2D eigenvalue weighted by molar-refractivity contribution is 5.42. The van der Waals surface area contributed by atoms with Crippen molar-refractivity contribution in [1.82, 2.24) is 4.90 Å². The van der Waals surface area contributed by atoms with E-state index in [4.69, 9.17) is 14.2 Å². The van der Waals surface area contributed by atoms with E-state index in [9.17, 15) is 5.11 Å². The molecular weight excluding hydrogens is 366 g/mol. The molecule has 1 fully saturated rings. The van der Waals surface area contributed by atoms with Crippen LogP contribution in [0.25, 0.3) is 0 Å². The second kappa shape index (κ2) is 9.50. The molecule has 0 aliphatic heterocycles. The lowest BCUT2D eigenvalue weighted by Gasteiger charge is -2.56. The first kappa shape index (κ1) is 22.1. The number of fused-ring (bicyclic) bond motifs is 1. The Hall–Kier alpha value is -1.56. The summed E-state index contributed by atoms with van der Waals surface area (Å²) in [4.78, 5) is 2.14. The summed E-state index contributed by atoms with van der Waals surface area (Å²) in [7, 11) is 5.33. The number of allylic oxidation sites excluding steroid dienone is 1. The molecule has 0 radical (unpaired) electrons. The predicted octanol–water partition coefficient (Wildman–Crippen LogP) is 3.55. The highest BCUT2D eigenvalue weighted by Crippen LogP contribution is 2.59. The second-order valence-corrected chi connectivity index (χ2v) is 9.19. The zero-order valence-electron chi connectivity index (χ0n) is 18.6. The summed E-state index contributed by atoms with van der Waals surface area (Å²) >= 11 is 0. The van der Waals surface area contributed by atoms with E-state index in [2.05, 4.69) is 30.9 Å². The van der Waals surface area contributed by atoms with Gasteiger partial charge in [0.2, 0.25) is 0 Å². The fourth-order valence-corrected chi connectivity index (χ4v) is 4.81. The van der Waals surface area contributed by atoms with Crippen LogP contribution in [0.15, 0.2) is 29.8 Å². The molecule has 0 amide bonds. The quantitative estimate of drug-likeness (QED) is 0.573. The molecule has 0 aromatic heterocycles. The van der Waals surface area contributed by atoms with E-state index >= 15 is 0 Å². The number of nitrogens with zero attached hydrogens (tertiary/aromatic N) is 1. The maximum absolute atomic E-state index is 10.4. The lowest BCUT2D eigenvalue weighted by atomic mass is 9.49. The Morgan fingerprint density at radius 3 is 2.62 bits per heavy atom. The van der Waals surface area contributed by atoms with Gasteiger partial charge >= 0.3 is 0 Å². The summed E-state index contributed by atoms with van der Waals surface area (Å²) in [6.07, 6.45) is 5.27. The van der Waals surface area contributed by atoms with Crippen LogP contribution in [0.2, 0.25) is 0 Å². The van der Waals surface area contributed by atoms with E-state index in [0.29, 0.717) is 31.1 Å². The summed E-state index contributed by atoms with van der Waals surface area (Å²) in [5.41, 5.74) is 3.05. The molecule has 1 aromatic rings. The highest BCUT2D eigenvalue weighted by Gasteiger charge is 2.50. The molecule has 1 saturated carbocycles. The SMILES string of the molecule is COc1ccc(CCN(C)C[C@@H](O)COCC2=CC[C@@H]3C[C@H]2C3(C)C)cc1OC. The maximum atomic E-state index is 10.4. The third-order valence-electron chi connectivity index (χ3n) is 6.91. The van der Waals surface area contributed by atoms with Crippen molar-refractivity contribution in [1.29, 1.82) is 0 Å². The summed E-state index contributed by atoms with van der Waals surface area (Å²) < 4.78 is 16.5. The van der Waals surface area contributed by atoms with Crippen molar-refractivity contribution in [2.75, 3.05) is 47.6 Å². The average molecular weight is 404 g/mol. The van der Waals surface area contributed by atoms with Crippen molar-refractivity contribution in [2.45, 2.75) is 39.2 Å². The number of benzene rings is 1. The molecule has 0 spiro atoms. The molecule has 0 heterocycles. The fourth-order valence-electron chi connectivity index (χ4n) is 4.81. The molecule has 29 heavy (non-hydrogen) atoms. The highest BCUT2D eigenvalue weighted by atomic mass is 16.5. The number of aliphatic hydroxyl groups is 1. The van der Waals surface area contributed by atoms with Gasteiger partial charge in [0.15, 0.2) is 11.5 Å². The zero-order valence-corrected chi connectivity index (χ0v) is 18.6. The molecule has 0 unspecified atom stereocenters. The third-order valence-corrected chi connectivity index (χ3v) is 6.91. The molecule has 4 rings (SSSR count). The van der Waals surface area contributed by atoms with Gasteiger partial charge in [0.25, 0.3) is 0 Å². The minimum absolute atomic E-state index is 0.384. The van der Waals surface area contributed by atoms with Crippen molar-refractivity contribution in [3.63, 3.8) is 0 Å². The first-order valence-electron chi connectivity index (χ1n) is 10.7. The number of hydrogen-bond donors (Lipinski definition) is 1. The zero-order chi connectivity index (χ0) is 21.0. The van der Waals surface area contributed by atoms with Gasteiger partial charge in [-0.3, -0.25) is 0 Å². The van der Waals surface area contributed by atoms with Gasteiger partial charge < -0.3 is 24.2 Å². The van der Waals surface area contributed by atoms with Crippen LogP contribution in [0, 0.1) is 17.3 Å². The van der Waals surface area contributed by atoms with Gasteiger partial charge in [-0.1, -0.05) is 26.0 Å². The smallest absolute Gasteiger partial charge is 0.160 e. The number of aliphatic hydroxyl groups excluding tert-OH is 1. The molecule has 3 aliphatic rings. The minimum Gasteiger partial charge on any atom is -0.493 e. The Morgan fingerprint density at radius 2 is 1.97 bits per heavy atom. The molecule has 5 heteroatoms. The molecule has 1 aromatic carbocycles. The Labute approximate surface area is 175 Å². The van der Waals surface area contributed by atoms with Gasteiger partial charge in [-0.05, 0) is 66.8 Å². The Bertz CT molecular complexity index is 715. The molecule has 2 bridgehead atoms. The fraction of sp³-hybridized carbons (Fsp3) is 0.667. The Kier molecular flexibility index (Phi) is 7.25. The van der Waals surface area contributed by atoms with Gasteiger partial charge in [0.05, 0.1) is 33.5 Å². The Morgan fingerprint density at radius 1 is 1.21 bits per heavy atom. The normalized spacial score (nSPS) is 23.3. The Balaban J connectivity index is 1.36. The van der Waals surface area contributed by atoms with Crippen LogP contribution in [0.5, 0.6) is 11.5 Å². The van der Waals surface area contributed by atoms with E-state index in [-0.39, 0.29) is 0 Å². The average Bonchev–Trinajstić information content (AvgIpc) is 2.71. The first-order valence-corrected chi connectivity index (χ1v) is 10.7. The monoisotopic (exact) mass is 403 g/mol. The molecule has 162 valence electrons. The van der Waals surface area contributed by atoms with Crippen LogP contribution in [0.4, 0.5) is 0 Å². The van der Waals surface area contributed by atoms with Crippen LogP contribution >= 0.6 is 0 Å². The predicted molar refractivity (Wildman–Crippen MR) is 116 cm³/mol. The maximum Gasteiger partial charge on any atom is 0.160 e. The summed E-state index contributed by atoms with van der Waals surface area (Å²) in [5.74, 6) is 3.01. The molecule has 0 saturated heterocycles. The summed E-state index contributed by atoms with van der Waals surface area (Å²) in [6.45, 7) is 7.25. The van der Waals surface area contributed by atoms with Crippen molar-refractivity contribution in [3.05, 3.63) is 35.4 Å². The van der Waals surface area contributed by atoms with Crippen LogP contribution in [-0.2, 0) is 11.2 Å². The van der Waals surface area contributed by atoms with Crippen LogP contribution in [0.1, 0.15) is 32.3 Å². The van der Waals surface area contributed by atoms with E-state index in [1.54, 1.807) is 14.2 Å². The molecule has 3 atom stereocenters. The second-order valence-electron chi connectivity index (χ2n) is 9.19. The van der Waals surface area contributed by atoms with Crippen molar-refractivity contribution in [3.8, 4) is 11.5 Å². The van der Waals surface area contributed by atoms with Crippen molar-refractivity contribution >= 4 is 0 Å². The summed E-state index contributed by atoms with van der Waals surface area (Å²) in [6, 6.07) is 6.00. The van der Waals surface area contributed by atoms with E-state index in [0.717, 1.165) is 30.4 Å². The molecule has 1 N–H and O–H groups in total. The van der Waals surface area contributed by atoms with Gasteiger partial charge in [0.1, 0.15) is 0 Å². The molecule has 5 nitrogen and oxygen atoms in total. The summed E-state index contributed by atoms with van der Waals surface area (Å²) in [5, 5.41) is 10.4. The van der Waals surface area contributed by atoms with Gasteiger partial charge in [-0.2, -0.15) is 0 Å². The minimum atomic E-state index is -0.475. The number of rotatable bonds is 11. The largest absolute Gasteiger partial charge is 0.493 e. The van der Waals surface area contributed by atoms with E-state index in [1.165, 1.54) is 24.0 Å². The van der Waals surface area contributed by atoms with E-state index < -0.39 is 6.10 Å². The topological polar surface area (TPSA) is 51.2 Å². The standard InChI is InChI=1S/C24H37NO4/c1-24(2)19-8-7-18(21(24)13-19)15-29-16-20(26)14-25(3)11-10-17-6-9-22(27-4)23(12-17)28-5/h6-7,9,12,19-21,26H,8,10-11,13-16H2,1-5H3/t19-,20-,21-/m1/s1. The lowest BCUT2D eigenvalue weighted by Crippen LogP contribution is -2.48. The molecular formula is C24H37NO4. The molecule has 3 aliphatic carbocycles. The third kappa shape index (κ3) is 5.14. The lowest BCUT2D eigenvalue weighted by molar-refractivity contribution is -0.0255. The number of ether oxygens (including phenoxy) is 3. The van der Waals surface area contributed by atoms with Crippen LogP contribution in [0.3, 0.4) is 0 Å². The van der Waals surface area contributed by atoms with Crippen molar-refractivity contribution in [2.24, 2.45) is 17.3 Å². The van der Waals surface area contributed by atoms with Crippen LogP contribution < -0.4 is 9.47 Å². The number of likely N-dealkylation sites (N-methyl/N-ethyl adjacent to an activating group) is 1. The number of methoxy groups -OCH3 is 2. The van der Waals surface area contributed by atoms with E-state index in [1.807, 2.05) is 19.2 Å². The number of hydrogen-bond acceptors (Lipinski definition) is 5. The van der Waals surface area contributed by atoms with Gasteiger partial charge in [-0.15, -0.1) is 0 Å².